The highest BCUT2D eigenvalue weighted by Crippen LogP contribution is 2.21. The van der Waals surface area contributed by atoms with Gasteiger partial charge in [-0.1, -0.05) is 6.92 Å². The number of nitrogens with two attached hydrogens (primary N) is 1. The van der Waals surface area contributed by atoms with Gasteiger partial charge in [-0.15, -0.1) is 0 Å². The predicted octanol–water partition coefficient (Wildman–Crippen LogP) is 1.70. The molecule has 0 aliphatic carbocycles. The third-order valence-electron chi connectivity index (χ3n) is 3.35. The molecule has 2 aromatic rings. The zero-order chi connectivity index (χ0) is 15.4. The van der Waals surface area contributed by atoms with E-state index in [0.29, 0.717) is 11.8 Å². The average Bonchev–Trinajstić information content (AvgIpc) is 2.96. The summed E-state index contributed by atoms with van der Waals surface area (Å²) >= 11 is 0. The number of furan rings is 1. The second-order valence-electron chi connectivity index (χ2n) is 5.12. The number of nitrogen functional groups attached to an aromatic ring is 1. The topological polar surface area (TPSA) is 84.3 Å². The van der Waals surface area contributed by atoms with E-state index in [1.807, 2.05) is 25.1 Å². The number of anilines is 2. The summed E-state index contributed by atoms with van der Waals surface area (Å²) in [4.78, 5) is 17.0. The van der Waals surface area contributed by atoms with E-state index in [4.69, 9.17) is 10.2 Å². The van der Waals surface area contributed by atoms with Crippen LogP contribution in [0.1, 0.15) is 31.3 Å². The van der Waals surface area contributed by atoms with E-state index in [2.05, 4.69) is 33.7 Å². The summed E-state index contributed by atoms with van der Waals surface area (Å²) in [7, 11) is 3.76. The van der Waals surface area contributed by atoms with E-state index < -0.39 is 0 Å². The van der Waals surface area contributed by atoms with Crippen LogP contribution in [0.2, 0.25) is 0 Å². The second kappa shape index (κ2) is 6.53. The second-order valence-corrected chi connectivity index (χ2v) is 5.12. The van der Waals surface area contributed by atoms with Gasteiger partial charge in [0.25, 0.3) is 0 Å². The van der Waals surface area contributed by atoms with Gasteiger partial charge >= 0.3 is 0 Å². The fourth-order valence-corrected chi connectivity index (χ4v) is 2.09. The van der Waals surface area contributed by atoms with Gasteiger partial charge < -0.3 is 15.1 Å². The van der Waals surface area contributed by atoms with Crippen LogP contribution in [0.5, 0.6) is 0 Å². The number of nitrogens with zero attached hydrogens (tertiary/aromatic N) is 5. The minimum Gasteiger partial charge on any atom is -0.472 e. The Hall–Kier alpha value is -2.15. The molecule has 114 valence electrons. The SMILES string of the molecule is CCN(Cc1ccoc1)C(C)c1nc(N)nc(N(C)C)n1. The Balaban J connectivity index is 2.22. The summed E-state index contributed by atoms with van der Waals surface area (Å²) in [6.45, 7) is 5.82. The van der Waals surface area contributed by atoms with Gasteiger partial charge in [0.15, 0.2) is 5.82 Å². The molecule has 0 aliphatic rings. The molecule has 1 atom stereocenters. The summed E-state index contributed by atoms with van der Waals surface area (Å²) in [5.74, 6) is 1.50. The van der Waals surface area contributed by atoms with E-state index in [1.165, 1.54) is 0 Å². The van der Waals surface area contributed by atoms with Crippen LogP contribution in [-0.2, 0) is 6.54 Å². The largest absolute Gasteiger partial charge is 0.472 e. The highest BCUT2D eigenvalue weighted by molar-refractivity contribution is 5.33. The van der Waals surface area contributed by atoms with E-state index in [1.54, 1.807) is 12.5 Å². The normalized spacial score (nSPS) is 12.6. The van der Waals surface area contributed by atoms with Crippen molar-refractivity contribution in [1.29, 1.82) is 0 Å². The number of hydrogen-bond donors (Lipinski definition) is 1. The smallest absolute Gasteiger partial charge is 0.229 e. The summed E-state index contributed by atoms with van der Waals surface area (Å²) < 4.78 is 5.12. The van der Waals surface area contributed by atoms with Crippen molar-refractivity contribution in [2.45, 2.75) is 26.4 Å². The van der Waals surface area contributed by atoms with Gasteiger partial charge in [0.2, 0.25) is 11.9 Å². The molecule has 7 nitrogen and oxygen atoms in total. The van der Waals surface area contributed by atoms with Crippen LogP contribution in [0.25, 0.3) is 0 Å². The molecule has 21 heavy (non-hydrogen) atoms. The number of rotatable bonds is 6. The lowest BCUT2D eigenvalue weighted by Gasteiger charge is -2.26. The lowest BCUT2D eigenvalue weighted by Crippen LogP contribution is -2.28. The maximum atomic E-state index is 5.79. The Kier molecular flexibility index (Phi) is 4.74. The van der Waals surface area contributed by atoms with Crippen LogP contribution in [-0.4, -0.2) is 40.5 Å². The monoisotopic (exact) mass is 290 g/mol. The summed E-state index contributed by atoms with van der Waals surface area (Å²) in [5.41, 5.74) is 6.91. The van der Waals surface area contributed by atoms with E-state index in [-0.39, 0.29) is 12.0 Å². The molecule has 0 fully saturated rings. The molecule has 0 bridgehead atoms. The zero-order valence-electron chi connectivity index (χ0n) is 12.9. The Morgan fingerprint density at radius 1 is 1.29 bits per heavy atom. The van der Waals surface area contributed by atoms with E-state index in [0.717, 1.165) is 18.7 Å². The van der Waals surface area contributed by atoms with Crippen LogP contribution in [0, 0.1) is 0 Å². The molecule has 1 unspecified atom stereocenters. The van der Waals surface area contributed by atoms with Gasteiger partial charge in [0, 0.05) is 26.2 Å². The minimum absolute atomic E-state index is 0.0360. The van der Waals surface area contributed by atoms with Crippen molar-refractivity contribution in [2.75, 3.05) is 31.3 Å². The fourth-order valence-electron chi connectivity index (χ4n) is 2.09. The molecule has 2 aromatic heterocycles. The molecule has 0 saturated carbocycles. The van der Waals surface area contributed by atoms with Gasteiger partial charge in [-0.2, -0.15) is 15.0 Å². The Morgan fingerprint density at radius 3 is 2.62 bits per heavy atom. The van der Waals surface area contributed by atoms with Gasteiger partial charge in [-0.05, 0) is 19.5 Å². The lowest BCUT2D eigenvalue weighted by molar-refractivity contribution is 0.204. The van der Waals surface area contributed by atoms with E-state index in [9.17, 15) is 0 Å². The van der Waals surface area contributed by atoms with Gasteiger partial charge in [-0.25, -0.2) is 0 Å². The molecule has 7 heteroatoms. The van der Waals surface area contributed by atoms with Crippen LogP contribution in [0.4, 0.5) is 11.9 Å². The molecule has 2 N–H and O–H groups in total. The molecule has 2 rings (SSSR count). The first-order chi connectivity index (χ1) is 10.0. The van der Waals surface area contributed by atoms with Crippen LogP contribution in [0.3, 0.4) is 0 Å². The summed E-state index contributed by atoms with van der Waals surface area (Å²) in [5, 5.41) is 0. The molecule has 0 amide bonds. The first kappa shape index (κ1) is 15.2. The zero-order valence-corrected chi connectivity index (χ0v) is 12.9. The van der Waals surface area contributed by atoms with E-state index >= 15 is 0 Å². The summed E-state index contributed by atoms with van der Waals surface area (Å²) in [6.07, 6.45) is 3.43. The molecule has 2 heterocycles. The molecular weight excluding hydrogens is 268 g/mol. The highest BCUT2D eigenvalue weighted by atomic mass is 16.3. The van der Waals surface area contributed by atoms with Crippen molar-refractivity contribution in [2.24, 2.45) is 0 Å². The average molecular weight is 290 g/mol. The van der Waals surface area contributed by atoms with Crippen molar-refractivity contribution in [3.63, 3.8) is 0 Å². The Morgan fingerprint density at radius 2 is 2.05 bits per heavy atom. The molecule has 0 radical (unpaired) electrons. The van der Waals surface area contributed by atoms with Gasteiger partial charge in [0.1, 0.15) is 0 Å². The molecule has 0 aliphatic heterocycles. The van der Waals surface area contributed by atoms with Crippen molar-refractivity contribution in [1.82, 2.24) is 19.9 Å². The lowest BCUT2D eigenvalue weighted by atomic mass is 10.2. The van der Waals surface area contributed by atoms with Crippen molar-refractivity contribution in [3.8, 4) is 0 Å². The first-order valence-corrected chi connectivity index (χ1v) is 6.95. The van der Waals surface area contributed by atoms with Crippen LogP contribution in [0.15, 0.2) is 23.0 Å². The standard InChI is InChI=1S/C14H22N6O/c1-5-20(8-11-6-7-21-9-11)10(2)12-16-13(15)18-14(17-12)19(3)4/h6-7,9-10H,5,8H2,1-4H3,(H2,15,16,17,18). The van der Waals surface area contributed by atoms with Gasteiger partial charge in [0.05, 0.1) is 18.6 Å². The highest BCUT2D eigenvalue weighted by Gasteiger charge is 2.19. The quantitative estimate of drug-likeness (QED) is 0.866. The molecule has 0 saturated heterocycles. The van der Waals surface area contributed by atoms with Crippen LogP contribution >= 0.6 is 0 Å². The minimum atomic E-state index is 0.0360. The third kappa shape index (κ3) is 3.69. The maximum absolute atomic E-state index is 5.79. The predicted molar refractivity (Wildman–Crippen MR) is 81.8 cm³/mol. The summed E-state index contributed by atoms with van der Waals surface area (Å²) in [6, 6.07) is 2.00. The molecule has 0 spiro atoms. The maximum Gasteiger partial charge on any atom is 0.229 e. The number of hydrogen-bond acceptors (Lipinski definition) is 7. The number of aromatic nitrogens is 3. The van der Waals surface area contributed by atoms with Crippen molar-refractivity contribution in [3.05, 3.63) is 30.0 Å². The molecular formula is C14H22N6O. The van der Waals surface area contributed by atoms with Crippen LogP contribution < -0.4 is 10.6 Å². The first-order valence-electron chi connectivity index (χ1n) is 6.95. The van der Waals surface area contributed by atoms with Crippen molar-refractivity contribution < 1.29 is 4.42 Å². The fraction of sp³-hybridized carbons (Fsp3) is 0.500. The van der Waals surface area contributed by atoms with Crippen molar-refractivity contribution >= 4 is 11.9 Å². The van der Waals surface area contributed by atoms with Gasteiger partial charge in [-0.3, -0.25) is 4.90 Å². The molecule has 0 aromatic carbocycles. The Labute approximate surface area is 124 Å². The Bertz CT molecular complexity index is 569. The third-order valence-corrected chi connectivity index (χ3v) is 3.35.